The summed E-state index contributed by atoms with van der Waals surface area (Å²) in [6.07, 6.45) is 10.4. The largest absolute Gasteiger partial charge is 0.305 e. The Morgan fingerprint density at radius 3 is 2.77 bits per heavy atom. The number of nitrogens with zero attached hydrogens (tertiary/aromatic N) is 6. The van der Waals surface area contributed by atoms with Crippen molar-refractivity contribution in [2.45, 2.75) is 31.5 Å². The van der Waals surface area contributed by atoms with Gasteiger partial charge in [-0.1, -0.05) is 0 Å². The average Bonchev–Trinajstić information content (AvgIpc) is 3.17. The molecule has 0 saturated carbocycles. The van der Waals surface area contributed by atoms with Gasteiger partial charge in [-0.2, -0.15) is 5.10 Å². The number of aryl methyl sites for hydroxylation is 1. The van der Waals surface area contributed by atoms with Gasteiger partial charge in [0.05, 0.1) is 30.3 Å². The highest BCUT2D eigenvalue weighted by atomic mass is 16.2. The predicted octanol–water partition coefficient (Wildman–Crippen LogP) is 0.590. The summed E-state index contributed by atoms with van der Waals surface area (Å²) in [4.78, 5) is 24.8. The molecule has 0 aliphatic carbocycles. The van der Waals surface area contributed by atoms with Crippen LogP contribution in [0.3, 0.4) is 0 Å². The van der Waals surface area contributed by atoms with Crippen LogP contribution in [0.5, 0.6) is 0 Å². The lowest BCUT2D eigenvalue weighted by Gasteiger charge is -2.24. The number of carbonyl (C=O) groups is 1. The molecule has 2 unspecified atom stereocenters. The third-order valence-corrected chi connectivity index (χ3v) is 4.58. The van der Waals surface area contributed by atoms with Crippen LogP contribution in [0, 0.1) is 0 Å². The maximum absolute atomic E-state index is 12.4. The van der Waals surface area contributed by atoms with Crippen LogP contribution in [0.1, 0.15) is 18.4 Å². The molecule has 2 saturated heterocycles. The van der Waals surface area contributed by atoms with Crippen molar-refractivity contribution in [3.63, 3.8) is 0 Å². The highest BCUT2D eigenvalue weighted by Gasteiger charge is 2.47. The van der Waals surface area contributed by atoms with Gasteiger partial charge in [-0.25, -0.2) is 9.97 Å². The fraction of sp³-hybridized carbons (Fsp3) is 0.467. The Balaban J connectivity index is 1.54. The summed E-state index contributed by atoms with van der Waals surface area (Å²) in [5.41, 5.74) is 2.00. The Kier molecular flexibility index (Phi) is 3.15. The predicted molar refractivity (Wildman–Crippen MR) is 79.9 cm³/mol. The van der Waals surface area contributed by atoms with Gasteiger partial charge in [0.25, 0.3) is 0 Å². The van der Waals surface area contributed by atoms with Gasteiger partial charge in [-0.05, 0) is 6.42 Å². The van der Waals surface area contributed by atoms with Crippen LogP contribution in [-0.4, -0.2) is 49.2 Å². The molecular formula is C15H18N6O. The lowest BCUT2D eigenvalue weighted by atomic mass is 10.1. The Labute approximate surface area is 128 Å². The summed E-state index contributed by atoms with van der Waals surface area (Å²) in [5, 5.41) is 4.22. The van der Waals surface area contributed by atoms with E-state index in [2.05, 4.69) is 20.0 Å². The van der Waals surface area contributed by atoms with E-state index in [1.165, 1.54) is 11.9 Å². The van der Waals surface area contributed by atoms with E-state index in [9.17, 15) is 4.79 Å². The molecule has 0 spiro atoms. The summed E-state index contributed by atoms with van der Waals surface area (Å²) >= 11 is 0. The maximum Gasteiger partial charge on any atom is 0.229 e. The number of likely N-dealkylation sites (tertiary alicyclic amines) is 1. The molecule has 2 aliphatic heterocycles. The average molecular weight is 298 g/mol. The highest BCUT2D eigenvalue weighted by molar-refractivity contribution is 5.97. The number of hydrogen-bond donors (Lipinski definition) is 0. The highest BCUT2D eigenvalue weighted by Crippen LogP contribution is 2.36. The second kappa shape index (κ2) is 5.17. The normalized spacial score (nSPS) is 25.0. The second-order valence-corrected chi connectivity index (χ2v) is 5.98. The standard InChI is InChI=1S/C15H18N6O/c1-19-8-11(5-18-19)9-20-3-2-13-14(20)4-15(22)21(13)12-6-16-10-17-7-12/h5-8,10,13-14H,2-4,9H2,1H3. The second-order valence-electron chi connectivity index (χ2n) is 5.98. The van der Waals surface area contributed by atoms with Crippen LogP contribution < -0.4 is 4.90 Å². The zero-order valence-electron chi connectivity index (χ0n) is 12.5. The summed E-state index contributed by atoms with van der Waals surface area (Å²) < 4.78 is 1.82. The van der Waals surface area contributed by atoms with Gasteiger partial charge >= 0.3 is 0 Å². The first kappa shape index (κ1) is 13.4. The summed E-state index contributed by atoms with van der Waals surface area (Å²) in [7, 11) is 1.92. The van der Waals surface area contributed by atoms with E-state index in [0.717, 1.165) is 25.2 Å². The van der Waals surface area contributed by atoms with E-state index in [4.69, 9.17) is 0 Å². The van der Waals surface area contributed by atoms with Crippen molar-refractivity contribution in [2.24, 2.45) is 7.05 Å². The molecule has 0 N–H and O–H groups in total. The minimum absolute atomic E-state index is 0.167. The van der Waals surface area contributed by atoms with Crippen molar-refractivity contribution in [3.8, 4) is 0 Å². The van der Waals surface area contributed by atoms with Gasteiger partial charge in [-0.15, -0.1) is 0 Å². The molecule has 2 aromatic heterocycles. The van der Waals surface area contributed by atoms with E-state index in [0.29, 0.717) is 6.42 Å². The van der Waals surface area contributed by atoms with Crippen LogP contribution >= 0.6 is 0 Å². The van der Waals surface area contributed by atoms with Gasteiger partial charge in [0.15, 0.2) is 0 Å². The van der Waals surface area contributed by atoms with Crippen molar-refractivity contribution in [1.29, 1.82) is 0 Å². The van der Waals surface area contributed by atoms with Crippen molar-refractivity contribution in [1.82, 2.24) is 24.6 Å². The third-order valence-electron chi connectivity index (χ3n) is 4.58. The van der Waals surface area contributed by atoms with Gasteiger partial charge < -0.3 is 4.90 Å². The van der Waals surface area contributed by atoms with Gasteiger partial charge in [0.1, 0.15) is 6.33 Å². The van der Waals surface area contributed by atoms with Crippen molar-refractivity contribution in [3.05, 3.63) is 36.7 Å². The molecule has 2 atom stereocenters. The Hall–Kier alpha value is -2.28. The Morgan fingerprint density at radius 1 is 1.23 bits per heavy atom. The van der Waals surface area contributed by atoms with Gasteiger partial charge in [0.2, 0.25) is 5.91 Å². The molecule has 0 bridgehead atoms. The van der Waals surface area contributed by atoms with Crippen LogP contribution in [0.25, 0.3) is 0 Å². The first-order valence-corrected chi connectivity index (χ1v) is 7.51. The monoisotopic (exact) mass is 298 g/mol. The maximum atomic E-state index is 12.4. The van der Waals surface area contributed by atoms with Crippen LogP contribution in [0.4, 0.5) is 5.69 Å². The van der Waals surface area contributed by atoms with Crippen LogP contribution in [0.15, 0.2) is 31.1 Å². The SMILES string of the molecule is Cn1cc(CN2CCC3C2CC(=O)N3c2cncnc2)cn1. The number of aromatic nitrogens is 4. The molecule has 4 heterocycles. The number of hydrogen-bond acceptors (Lipinski definition) is 5. The minimum atomic E-state index is 0.167. The third kappa shape index (κ3) is 2.18. The van der Waals surface area contributed by atoms with E-state index >= 15 is 0 Å². The fourth-order valence-corrected chi connectivity index (χ4v) is 3.66. The number of anilines is 1. The summed E-state index contributed by atoms with van der Waals surface area (Å²) in [6, 6.07) is 0.503. The zero-order chi connectivity index (χ0) is 15.1. The molecule has 114 valence electrons. The first-order chi connectivity index (χ1) is 10.7. The molecule has 7 heteroatoms. The molecule has 0 radical (unpaired) electrons. The van der Waals surface area contributed by atoms with E-state index in [-0.39, 0.29) is 18.0 Å². The smallest absolute Gasteiger partial charge is 0.229 e. The van der Waals surface area contributed by atoms with Crippen LogP contribution in [-0.2, 0) is 18.4 Å². The number of fused-ring (bicyclic) bond motifs is 1. The van der Waals surface area contributed by atoms with Crippen molar-refractivity contribution < 1.29 is 4.79 Å². The first-order valence-electron chi connectivity index (χ1n) is 7.51. The van der Waals surface area contributed by atoms with Crippen molar-refractivity contribution >= 4 is 11.6 Å². The van der Waals surface area contributed by atoms with Gasteiger partial charge in [0, 0.05) is 44.4 Å². The quantitative estimate of drug-likeness (QED) is 0.829. The van der Waals surface area contributed by atoms with Crippen molar-refractivity contribution in [2.75, 3.05) is 11.4 Å². The molecule has 22 heavy (non-hydrogen) atoms. The molecular weight excluding hydrogens is 280 g/mol. The molecule has 2 aliphatic rings. The summed E-state index contributed by atoms with van der Waals surface area (Å²) in [6.45, 7) is 1.85. The molecule has 0 aromatic carbocycles. The number of amides is 1. The minimum Gasteiger partial charge on any atom is -0.305 e. The number of rotatable bonds is 3. The van der Waals surface area contributed by atoms with Gasteiger partial charge in [-0.3, -0.25) is 14.4 Å². The van der Waals surface area contributed by atoms with Crippen LogP contribution in [0.2, 0.25) is 0 Å². The van der Waals surface area contributed by atoms with E-state index in [1.54, 1.807) is 12.4 Å². The molecule has 4 rings (SSSR count). The zero-order valence-corrected chi connectivity index (χ0v) is 12.5. The number of carbonyl (C=O) groups excluding carboxylic acids is 1. The fourth-order valence-electron chi connectivity index (χ4n) is 3.66. The molecule has 7 nitrogen and oxygen atoms in total. The molecule has 2 fully saturated rings. The topological polar surface area (TPSA) is 67.2 Å². The molecule has 1 amide bonds. The Bertz CT molecular complexity index is 684. The lowest BCUT2D eigenvalue weighted by molar-refractivity contribution is -0.117. The molecule has 2 aromatic rings. The Morgan fingerprint density at radius 2 is 2.05 bits per heavy atom. The van der Waals surface area contributed by atoms with E-state index < -0.39 is 0 Å². The summed E-state index contributed by atoms with van der Waals surface area (Å²) in [5.74, 6) is 0.167. The lowest BCUT2D eigenvalue weighted by Crippen LogP contribution is -2.37. The van der Waals surface area contributed by atoms with E-state index in [1.807, 2.05) is 29.0 Å².